The second kappa shape index (κ2) is 8.35. The highest BCUT2D eigenvalue weighted by Crippen LogP contribution is 2.19. The average Bonchev–Trinajstić information content (AvgIpc) is 2.78. The van der Waals surface area contributed by atoms with E-state index in [4.69, 9.17) is 0 Å². The topological polar surface area (TPSA) is 65.5 Å². The van der Waals surface area contributed by atoms with Gasteiger partial charge in [0.2, 0.25) is 11.8 Å². The highest BCUT2D eigenvalue weighted by atomic mass is 16.2. The van der Waals surface area contributed by atoms with Crippen molar-refractivity contribution in [3.05, 3.63) is 64.4 Å². The molecule has 1 aliphatic heterocycles. The lowest BCUT2D eigenvalue weighted by molar-refractivity contribution is -0.125. The van der Waals surface area contributed by atoms with E-state index in [1.807, 2.05) is 18.0 Å². The van der Waals surface area contributed by atoms with Gasteiger partial charge < -0.3 is 10.2 Å². The molecule has 2 aromatic rings. The number of nitrogens with one attached hydrogen (secondary N) is 1. The molecule has 0 saturated carbocycles. The Bertz CT molecular complexity index is 936. The number of fused-ring (bicyclic) bond motifs is 1. The summed E-state index contributed by atoms with van der Waals surface area (Å²) in [6.07, 6.45) is 4.99. The molecule has 0 aliphatic carbocycles. The molecular weight excluding hydrogens is 352 g/mol. The standard InChI is InChI=1S/C22H26N4O2/c1-15-5-6-18(9-16(15)2)12-26(4)21(28)8-7-17-10-19-13-25(3)14-20(27)24-22(19)23-11-17/h5-11H,12-14H2,1-4H3,(H,23,24,27). The van der Waals surface area contributed by atoms with Crippen LogP contribution in [0.25, 0.3) is 6.08 Å². The second-order valence-corrected chi connectivity index (χ2v) is 7.44. The first-order valence-corrected chi connectivity index (χ1v) is 9.28. The van der Waals surface area contributed by atoms with Gasteiger partial charge in [-0.1, -0.05) is 18.2 Å². The van der Waals surface area contributed by atoms with Gasteiger partial charge in [-0.15, -0.1) is 0 Å². The Hall–Kier alpha value is -2.99. The summed E-state index contributed by atoms with van der Waals surface area (Å²) in [5, 5.41) is 2.81. The molecule has 0 radical (unpaired) electrons. The third-order valence-corrected chi connectivity index (χ3v) is 4.89. The largest absolute Gasteiger partial charge is 0.338 e. The molecule has 0 saturated heterocycles. The van der Waals surface area contributed by atoms with E-state index in [0.717, 1.165) is 16.7 Å². The van der Waals surface area contributed by atoms with Crippen LogP contribution in [0.3, 0.4) is 0 Å². The summed E-state index contributed by atoms with van der Waals surface area (Å²) in [7, 11) is 3.68. The number of carbonyl (C=O) groups is 2. The molecule has 0 unspecified atom stereocenters. The second-order valence-electron chi connectivity index (χ2n) is 7.44. The minimum atomic E-state index is -0.0707. The normalized spacial score (nSPS) is 14.5. The van der Waals surface area contributed by atoms with E-state index >= 15 is 0 Å². The molecule has 2 amide bonds. The van der Waals surface area contributed by atoms with Crippen molar-refractivity contribution < 1.29 is 9.59 Å². The van der Waals surface area contributed by atoms with E-state index in [0.29, 0.717) is 25.5 Å². The molecular formula is C22H26N4O2. The van der Waals surface area contributed by atoms with E-state index < -0.39 is 0 Å². The number of carbonyl (C=O) groups excluding carboxylic acids is 2. The lowest BCUT2D eigenvalue weighted by Crippen LogP contribution is -2.26. The van der Waals surface area contributed by atoms with E-state index in [9.17, 15) is 9.59 Å². The molecule has 1 aliphatic rings. The first kappa shape index (κ1) is 19.8. The maximum absolute atomic E-state index is 12.5. The monoisotopic (exact) mass is 378 g/mol. The van der Waals surface area contributed by atoms with Crippen LogP contribution >= 0.6 is 0 Å². The van der Waals surface area contributed by atoms with Crippen molar-refractivity contribution in [3.8, 4) is 0 Å². The van der Waals surface area contributed by atoms with Crippen LogP contribution in [0.15, 0.2) is 36.5 Å². The van der Waals surface area contributed by atoms with Gasteiger partial charge in [-0.05, 0) is 55.3 Å². The number of benzene rings is 1. The first-order valence-electron chi connectivity index (χ1n) is 9.28. The van der Waals surface area contributed by atoms with Crippen molar-refractivity contribution in [2.24, 2.45) is 0 Å². The molecule has 0 bridgehead atoms. The SMILES string of the molecule is Cc1ccc(CN(C)C(=O)C=Cc2cnc3c(c2)CN(C)CC(=O)N3)cc1C. The summed E-state index contributed by atoms with van der Waals surface area (Å²) in [6.45, 7) is 5.68. The minimum absolute atomic E-state index is 0.0693. The van der Waals surface area contributed by atoms with Crippen LogP contribution in [-0.4, -0.2) is 47.2 Å². The Kier molecular flexibility index (Phi) is 5.90. The Labute approximate surface area is 165 Å². The van der Waals surface area contributed by atoms with Crippen LogP contribution in [0, 0.1) is 13.8 Å². The number of hydrogen-bond acceptors (Lipinski definition) is 4. The number of anilines is 1. The van der Waals surface area contributed by atoms with Crippen LogP contribution < -0.4 is 5.32 Å². The molecule has 6 nitrogen and oxygen atoms in total. The summed E-state index contributed by atoms with van der Waals surface area (Å²) in [6, 6.07) is 8.20. The van der Waals surface area contributed by atoms with Crippen LogP contribution in [0.5, 0.6) is 0 Å². The Balaban J connectivity index is 1.68. The van der Waals surface area contributed by atoms with Crippen molar-refractivity contribution in [3.63, 3.8) is 0 Å². The predicted octanol–water partition coefficient (Wildman–Crippen LogP) is 2.75. The first-order chi connectivity index (χ1) is 13.3. The molecule has 0 fully saturated rings. The summed E-state index contributed by atoms with van der Waals surface area (Å²) in [5.74, 6) is 0.448. The third kappa shape index (κ3) is 4.84. The molecule has 3 rings (SSSR count). The summed E-state index contributed by atoms with van der Waals surface area (Å²) in [5.41, 5.74) is 5.35. The third-order valence-electron chi connectivity index (χ3n) is 4.89. The molecule has 0 atom stereocenters. The Morgan fingerprint density at radius 2 is 2.04 bits per heavy atom. The Morgan fingerprint density at radius 1 is 1.25 bits per heavy atom. The number of likely N-dealkylation sites (N-methyl/N-ethyl adjacent to an activating group) is 2. The van der Waals surface area contributed by atoms with Gasteiger partial charge in [-0.2, -0.15) is 0 Å². The van der Waals surface area contributed by atoms with Crippen molar-refractivity contribution >= 4 is 23.7 Å². The molecule has 2 heterocycles. The van der Waals surface area contributed by atoms with Crippen LogP contribution in [0.1, 0.15) is 27.8 Å². The number of nitrogens with zero attached hydrogens (tertiary/aromatic N) is 3. The fourth-order valence-corrected chi connectivity index (χ4v) is 3.16. The molecule has 146 valence electrons. The number of amides is 2. The van der Waals surface area contributed by atoms with E-state index in [1.165, 1.54) is 11.1 Å². The maximum atomic E-state index is 12.5. The lowest BCUT2D eigenvalue weighted by Gasteiger charge is -2.16. The lowest BCUT2D eigenvalue weighted by atomic mass is 10.1. The van der Waals surface area contributed by atoms with Crippen LogP contribution in [0.4, 0.5) is 5.82 Å². The summed E-state index contributed by atoms with van der Waals surface area (Å²) < 4.78 is 0. The van der Waals surface area contributed by atoms with E-state index in [2.05, 4.69) is 42.3 Å². The Morgan fingerprint density at radius 3 is 2.79 bits per heavy atom. The van der Waals surface area contributed by atoms with Gasteiger partial charge >= 0.3 is 0 Å². The predicted molar refractivity (Wildman–Crippen MR) is 111 cm³/mol. The van der Waals surface area contributed by atoms with Crippen LogP contribution in [-0.2, 0) is 22.7 Å². The quantitative estimate of drug-likeness (QED) is 0.831. The van der Waals surface area contributed by atoms with Crippen molar-refractivity contribution in [2.75, 3.05) is 26.0 Å². The number of pyridine rings is 1. The van der Waals surface area contributed by atoms with Crippen LogP contribution in [0.2, 0.25) is 0 Å². The van der Waals surface area contributed by atoms with Crippen molar-refractivity contribution in [2.45, 2.75) is 26.9 Å². The van der Waals surface area contributed by atoms with Gasteiger partial charge in [-0.3, -0.25) is 14.5 Å². The van der Waals surface area contributed by atoms with Gasteiger partial charge in [0.25, 0.3) is 0 Å². The van der Waals surface area contributed by atoms with E-state index in [-0.39, 0.29) is 11.8 Å². The highest BCUT2D eigenvalue weighted by Gasteiger charge is 2.17. The van der Waals surface area contributed by atoms with E-state index in [1.54, 1.807) is 30.3 Å². The summed E-state index contributed by atoms with van der Waals surface area (Å²) >= 11 is 0. The molecule has 0 spiro atoms. The van der Waals surface area contributed by atoms with Gasteiger partial charge in [-0.25, -0.2) is 4.98 Å². The average molecular weight is 378 g/mol. The number of hydrogen-bond donors (Lipinski definition) is 1. The van der Waals surface area contributed by atoms with Crippen molar-refractivity contribution in [1.29, 1.82) is 0 Å². The highest BCUT2D eigenvalue weighted by molar-refractivity contribution is 5.93. The van der Waals surface area contributed by atoms with Gasteiger partial charge in [0, 0.05) is 38.0 Å². The fourth-order valence-electron chi connectivity index (χ4n) is 3.16. The minimum Gasteiger partial charge on any atom is -0.338 e. The molecule has 1 aromatic heterocycles. The number of rotatable bonds is 4. The smallest absolute Gasteiger partial charge is 0.246 e. The zero-order chi connectivity index (χ0) is 20.3. The molecule has 1 N–H and O–H groups in total. The molecule has 28 heavy (non-hydrogen) atoms. The van der Waals surface area contributed by atoms with Gasteiger partial charge in [0.15, 0.2) is 0 Å². The summed E-state index contributed by atoms with van der Waals surface area (Å²) in [4.78, 5) is 32.2. The molecule has 1 aromatic carbocycles. The molecule has 6 heteroatoms. The van der Waals surface area contributed by atoms with Gasteiger partial charge in [0.05, 0.1) is 6.54 Å². The maximum Gasteiger partial charge on any atom is 0.246 e. The number of aryl methyl sites for hydroxylation is 2. The number of aromatic nitrogens is 1. The van der Waals surface area contributed by atoms with Gasteiger partial charge in [0.1, 0.15) is 5.82 Å². The zero-order valence-electron chi connectivity index (χ0n) is 16.8. The zero-order valence-corrected chi connectivity index (χ0v) is 16.8. The fraction of sp³-hybridized carbons (Fsp3) is 0.318. The van der Waals surface area contributed by atoms with Crippen molar-refractivity contribution in [1.82, 2.24) is 14.8 Å².